The van der Waals surface area contributed by atoms with Gasteiger partial charge in [0.1, 0.15) is 0 Å². The molecule has 2 rings (SSSR count). The van der Waals surface area contributed by atoms with Crippen LogP contribution in [-0.4, -0.2) is 12.6 Å². The van der Waals surface area contributed by atoms with Gasteiger partial charge in [-0.15, -0.1) is 0 Å². The quantitative estimate of drug-likeness (QED) is 0.729. The van der Waals surface area contributed by atoms with Crippen molar-refractivity contribution in [3.63, 3.8) is 0 Å². The van der Waals surface area contributed by atoms with Crippen molar-refractivity contribution < 1.29 is 0 Å². The molecule has 1 nitrogen and oxygen atoms in total. The largest absolute Gasteiger partial charge is 0.314 e. The van der Waals surface area contributed by atoms with Gasteiger partial charge in [0, 0.05) is 6.04 Å². The molecule has 2 aliphatic rings. The summed E-state index contributed by atoms with van der Waals surface area (Å²) in [5.74, 6) is 2.96. The van der Waals surface area contributed by atoms with Gasteiger partial charge in [-0.2, -0.15) is 0 Å². The normalized spacial score (nSPS) is 32.2. The third kappa shape index (κ3) is 3.21. The average Bonchev–Trinajstić information content (AvgIpc) is 2.60. The van der Waals surface area contributed by atoms with E-state index < -0.39 is 0 Å². The number of hydrogen-bond donors (Lipinski definition) is 1. The number of nitrogens with one attached hydrogen (secondary N) is 1. The molecule has 0 amide bonds. The SMILES string of the molecule is CC(C)C1CC(NCCC2CCCC2)C1. The van der Waals surface area contributed by atoms with Crippen LogP contribution in [0.3, 0.4) is 0 Å². The summed E-state index contributed by atoms with van der Waals surface area (Å²) in [7, 11) is 0. The lowest BCUT2D eigenvalue weighted by molar-refractivity contribution is 0.167. The van der Waals surface area contributed by atoms with E-state index in [2.05, 4.69) is 19.2 Å². The second-order valence-corrected chi connectivity index (χ2v) is 6.07. The van der Waals surface area contributed by atoms with E-state index in [1.54, 1.807) is 0 Å². The molecule has 2 aliphatic carbocycles. The van der Waals surface area contributed by atoms with Crippen molar-refractivity contribution in [1.82, 2.24) is 5.32 Å². The van der Waals surface area contributed by atoms with Gasteiger partial charge in [0.05, 0.1) is 0 Å². The lowest BCUT2D eigenvalue weighted by atomic mass is 9.73. The smallest absolute Gasteiger partial charge is 0.00725 e. The lowest BCUT2D eigenvalue weighted by Crippen LogP contribution is -2.43. The van der Waals surface area contributed by atoms with Gasteiger partial charge < -0.3 is 5.32 Å². The first kappa shape index (κ1) is 11.4. The van der Waals surface area contributed by atoms with Crippen LogP contribution < -0.4 is 5.32 Å². The van der Waals surface area contributed by atoms with Gasteiger partial charge in [0.15, 0.2) is 0 Å². The van der Waals surface area contributed by atoms with Gasteiger partial charge in [-0.3, -0.25) is 0 Å². The Morgan fingerprint density at radius 3 is 2.40 bits per heavy atom. The maximum absolute atomic E-state index is 3.73. The summed E-state index contributed by atoms with van der Waals surface area (Å²) in [6.45, 7) is 6.00. The molecule has 15 heavy (non-hydrogen) atoms. The molecular weight excluding hydrogens is 182 g/mol. The zero-order valence-electron chi connectivity index (χ0n) is 10.5. The fourth-order valence-corrected chi connectivity index (χ4v) is 3.16. The van der Waals surface area contributed by atoms with Gasteiger partial charge >= 0.3 is 0 Å². The zero-order valence-corrected chi connectivity index (χ0v) is 10.5. The molecule has 2 fully saturated rings. The van der Waals surface area contributed by atoms with Gasteiger partial charge in [-0.25, -0.2) is 0 Å². The summed E-state index contributed by atoms with van der Waals surface area (Å²) in [5.41, 5.74) is 0. The molecule has 1 N–H and O–H groups in total. The third-order valence-corrected chi connectivity index (χ3v) is 4.58. The van der Waals surface area contributed by atoms with Crippen LogP contribution in [0.2, 0.25) is 0 Å². The van der Waals surface area contributed by atoms with E-state index in [1.165, 1.54) is 51.5 Å². The molecule has 2 saturated carbocycles. The number of hydrogen-bond acceptors (Lipinski definition) is 1. The van der Waals surface area contributed by atoms with Crippen LogP contribution in [0.15, 0.2) is 0 Å². The molecule has 0 atom stereocenters. The van der Waals surface area contributed by atoms with Crippen molar-refractivity contribution in [3.8, 4) is 0 Å². The molecule has 0 saturated heterocycles. The topological polar surface area (TPSA) is 12.0 Å². The van der Waals surface area contributed by atoms with Crippen LogP contribution in [0.1, 0.15) is 58.8 Å². The Balaban J connectivity index is 1.49. The average molecular weight is 209 g/mol. The van der Waals surface area contributed by atoms with E-state index in [0.29, 0.717) is 0 Å². The zero-order chi connectivity index (χ0) is 10.7. The minimum Gasteiger partial charge on any atom is -0.314 e. The van der Waals surface area contributed by atoms with Crippen molar-refractivity contribution in [2.45, 2.75) is 64.8 Å². The highest BCUT2D eigenvalue weighted by molar-refractivity contribution is 4.86. The molecule has 1 heteroatoms. The second kappa shape index (κ2) is 5.34. The monoisotopic (exact) mass is 209 g/mol. The predicted octanol–water partition coefficient (Wildman–Crippen LogP) is 3.59. The van der Waals surface area contributed by atoms with Crippen LogP contribution in [0, 0.1) is 17.8 Å². The van der Waals surface area contributed by atoms with Crippen LogP contribution in [0.25, 0.3) is 0 Å². The number of rotatable bonds is 5. The molecule has 0 aliphatic heterocycles. The molecule has 0 aromatic carbocycles. The molecule has 88 valence electrons. The second-order valence-electron chi connectivity index (χ2n) is 6.07. The molecule has 0 bridgehead atoms. The van der Waals surface area contributed by atoms with Crippen LogP contribution in [-0.2, 0) is 0 Å². The van der Waals surface area contributed by atoms with Gasteiger partial charge in [0.2, 0.25) is 0 Å². The van der Waals surface area contributed by atoms with Crippen molar-refractivity contribution in [1.29, 1.82) is 0 Å². The first-order chi connectivity index (χ1) is 7.25. The first-order valence-electron chi connectivity index (χ1n) is 6.99. The summed E-state index contributed by atoms with van der Waals surface area (Å²) in [4.78, 5) is 0. The Kier molecular flexibility index (Phi) is 4.07. The maximum Gasteiger partial charge on any atom is 0.00725 e. The van der Waals surface area contributed by atoms with Crippen molar-refractivity contribution in [2.24, 2.45) is 17.8 Å². The fourth-order valence-electron chi connectivity index (χ4n) is 3.16. The Morgan fingerprint density at radius 2 is 1.80 bits per heavy atom. The molecular formula is C14H27N. The van der Waals surface area contributed by atoms with Gasteiger partial charge in [-0.1, -0.05) is 39.5 Å². The summed E-state index contributed by atoms with van der Waals surface area (Å²) >= 11 is 0. The van der Waals surface area contributed by atoms with Crippen molar-refractivity contribution in [2.75, 3.05) is 6.54 Å². The summed E-state index contributed by atoms with van der Waals surface area (Å²) in [6, 6.07) is 0.860. The summed E-state index contributed by atoms with van der Waals surface area (Å²) < 4.78 is 0. The van der Waals surface area contributed by atoms with E-state index >= 15 is 0 Å². The Hall–Kier alpha value is -0.0400. The van der Waals surface area contributed by atoms with E-state index in [9.17, 15) is 0 Å². The van der Waals surface area contributed by atoms with E-state index in [0.717, 1.165) is 23.8 Å². The highest BCUT2D eigenvalue weighted by Crippen LogP contribution is 2.33. The van der Waals surface area contributed by atoms with Gasteiger partial charge in [0.25, 0.3) is 0 Å². The van der Waals surface area contributed by atoms with E-state index in [-0.39, 0.29) is 0 Å². The molecule has 0 aromatic heterocycles. The predicted molar refractivity (Wildman–Crippen MR) is 65.9 cm³/mol. The molecule has 0 unspecified atom stereocenters. The summed E-state index contributed by atoms with van der Waals surface area (Å²) in [6.07, 6.45) is 10.3. The Bertz CT molecular complexity index is 176. The third-order valence-electron chi connectivity index (χ3n) is 4.58. The van der Waals surface area contributed by atoms with Crippen molar-refractivity contribution >= 4 is 0 Å². The molecule has 0 heterocycles. The molecule has 0 aromatic rings. The molecule has 0 radical (unpaired) electrons. The maximum atomic E-state index is 3.73. The summed E-state index contributed by atoms with van der Waals surface area (Å²) in [5, 5.41) is 3.73. The van der Waals surface area contributed by atoms with E-state index in [1.807, 2.05) is 0 Å². The minimum atomic E-state index is 0.860. The van der Waals surface area contributed by atoms with Crippen LogP contribution in [0.5, 0.6) is 0 Å². The molecule has 0 spiro atoms. The van der Waals surface area contributed by atoms with E-state index in [4.69, 9.17) is 0 Å². The minimum absolute atomic E-state index is 0.860. The fraction of sp³-hybridized carbons (Fsp3) is 1.00. The first-order valence-corrected chi connectivity index (χ1v) is 6.99. The van der Waals surface area contributed by atoms with Gasteiger partial charge in [-0.05, 0) is 43.6 Å². The lowest BCUT2D eigenvalue weighted by Gasteiger charge is -2.38. The highest BCUT2D eigenvalue weighted by atomic mass is 14.9. The standard InChI is InChI=1S/C14H27N/c1-11(2)13-9-14(10-13)15-8-7-12-5-3-4-6-12/h11-15H,3-10H2,1-2H3. The van der Waals surface area contributed by atoms with Crippen LogP contribution >= 0.6 is 0 Å². The highest BCUT2D eigenvalue weighted by Gasteiger charge is 2.30. The Morgan fingerprint density at radius 1 is 1.13 bits per heavy atom. The van der Waals surface area contributed by atoms with Crippen molar-refractivity contribution in [3.05, 3.63) is 0 Å². The van der Waals surface area contributed by atoms with Crippen LogP contribution in [0.4, 0.5) is 0 Å². The Labute approximate surface area is 95.0 Å².